The molecule has 1 rings (SSSR count). The Morgan fingerprint density at radius 2 is 2.27 bits per heavy atom. The zero-order valence-corrected chi connectivity index (χ0v) is 9.44. The number of benzene rings is 1. The molecule has 0 unspecified atom stereocenters. The smallest absolute Gasteiger partial charge is 0.126 e. The first-order valence-corrected chi connectivity index (χ1v) is 5.17. The molecule has 15 heavy (non-hydrogen) atoms. The Morgan fingerprint density at radius 1 is 1.53 bits per heavy atom. The van der Waals surface area contributed by atoms with Gasteiger partial charge in [0.2, 0.25) is 0 Å². The van der Waals surface area contributed by atoms with E-state index in [1.807, 2.05) is 6.92 Å². The molecule has 1 aromatic carbocycles. The van der Waals surface area contributed by atoms with Gasteiger partial charge in [-0.25, -0.2) is 4.39 Å². The summed E-state index contributed by atoms with van der Waals surface area (Å²) in [5.41, 5.74) is 6.26. The quantitative estimate of drug-likeness (QED) is 0.620. The van der Waals surface area contributed by atoms with E-state index in [9.17, 15) is 4.39 Å². The van der Waals surface area contributed by atoms with Crippen molar-refractivity contribution in [2.75, 3.05) is 6.61 Å². The Balaban J connectivity index is 2.43. The van der Waals surface area contributed by atoms with Crippen molar-refractivity contribution in [2.24, 2.45) is 5.73 Å². The topological polar surface area (TPSA) is 35.2 Å². The van der Waals surface area contributed by atoms with E-state index in [1.165, 1.54) is 12.1 Å². The van der Waals surface area contributed by atoms with Gasteiger partial charge < -0.3 is 10.5 Å². The van der Waals surface area contributed by atoms with Crippen molar-refractivity contribution in [1.29, 1.82) is 0 Å². The molecule has 2 N–H and O–H groups in total. The lowest BCUT2D eigenvalue weighted by Gasteiger charge is -2.08. The predicted molar refractivity (Wildman–Crippen MR) is 62.7 cm³/mol. The van der Waals surface area contributed by atoms with Gasteiger partial charge >= 0.3 is 0 Å². The Hall–Kier alpha value is -1.16. The average molecular weight is 227 g/mol. The predicted octanol–water partition coefficient (Wildman–Crippen LogP) is 2.58. The largest absolute Gasteiger partial charge is 0.493 e. The third-order valence-corrected chi connectivity index (χ3v) is 2.18. The van der Waals surface area contributed by atoms with Crippen molar-refractivity contribution in [2.45, 2.75) is 19.8 Å². The maximum atomic E-state index is 12.9. The maximum Gasteiger partial charge on any atom is 0.126 e. The third kappa shape index (κ3) is 4.25. The fourth-order valence-corrected chi connectivity index (χ4v) is 1.30. The zero-order chi connectivity index (χ0) is 11.3. The van der Waals surface area contributed by atoms with E-state index >= 15 is 0 Å². The molecule has 0 aliphatic heterocycles. The molecule has 1 aromatic rings. The minimum atomic E-state index is -0.287. The van der Waals surface area contributed by atoms with Crippen LogP contribution in [0.1, 0.15) is 18.4 Å². The highest BCUT2D eigenvalue weighted by Crippen LogP contribution is 2.18. The van der Waals surface area contributed by atoms with Crippen LogP contribution in [0.2, 0.25) is 0 Å². The van der Waals surface area contributed by atoms with Gasteiger partial charge in [0, 0.05) is 12.5 Å². The third-order valence-electron chi connectivity index (χ3n) is 1.98. The fraction of sp³-hybridized carbons (Fsp3) is 0.364. The van der Waals surface area contributed by atoms with Crippen LogP contribution >= 0.6 is 12.2 Å². The van der Waals surface area contributed by atoms with Crippen molar-refractivity contribution >= 4 is 17.2 Å². The van der Waals surface area contributed by atoms with Crippen molar-refractivity contribution in [3.8, 4) is 5.75 Å². The standard InChI is InChI=1S/C11H14FNOS/c1-8-4-5-9(12)7-10(8)14-6-2-3-11(13)15/h4-5,7H,2-3,6H2,1H3,(H2,13,15). The minimum absolute atomic E-state index is 0.287. The number of nitrogens with two attached hydrogens (primary N) is 1. The zero-order valence-electron chi connectivity index (χ0n) is 8.63. The van der Waals surface area contributed by atoms with Crippen LogP contribution in [0.5, 0.6) is 5.75 Å². The van der Waals surface area contributed by atoms with Gasteiger partial charge in [0.15, 0.2) is 0 Å². The molecular weight excluding hydrogens is 213 g/mol. The Kier molecular flexibility index (Phi) is 4.49. The van der Waals surface area contributed by atoms with Crippen LogP contribution < -0.4 is 10.5 Å². The number of aryl methyl sites for hydroxylation is 1. The monoisotopic (exact) mass is 227 g/mol. The molecular formula is C11H14FNOS. The van der Waals surface area contributed by atoms with Gasteiger partial charge in [-0.05, 0) is 25.0 Å². The van der Waals surface area contributed by atoms with Crippen LogP contribution in [0, 0.1) is 12.7 Å². The first kappa shape index (κ1) is 11.9. The Bertz CT molecular complexity index is 354. The van der Waals surface area contributed by atoms with Crippen LogP contribution in [0.25, 0.3) is 0 Å². The number of ether oxygens (including phenoxy) is 1. The van der Waals surface area contributed by atoms with E-state index < -0.39 is 0 Å². The number of halogens is 1. The number of hydrogen-bond acceptors (Lipinski definition) is 2. The van der Waals surface area contributed by atoms with Crippen LogP contribution in [0.3, 0.4) is 0 Å². The van der Waals surface area contributed by atoms with Crippen molar-refractivity contribution in [3.05, 3.63) is 29.6 Å². The van der Waals surface area contributed by atoms with Gasteiger partial charge in [0.05, 0.1) is 11.6 Å². The second-order valence-electron chi connectivity index (χ2n) is 3.33. The molecule has 0 saturated heterocycles. The second-order valence-corrected chi connectivity index (χ2v) is 3.85. The number of rotatable bonds is 5. The summed E-state index contributed by atoms with van der Waals surface area (Å²) in [7, 11) is 0. The van der Waals surface area contributed by atoms with Crippen LogP contribution in [-0.2, 0) is 0 Å². The summed E-state index contributed by atoms with van der Waals surface area (Å²) in [6, 6.07) is 4.49. The summed E-state index contributed by atoms with van der Waals surface area (Å²) in [5.74, 6) is 0.294. The molecule has 0 heterocycles. The van der Waals surface area contributed by atoms with E-state index in [2.05, 4.69) is 0 Å². The van der Waals surface area contributed by atoms with Crippen molar-refractivity contribution < 1.29 is 9.13 Å². The molecule has 0 spiro atoms. The average Bonchev–Trinajstić information content (AvgIpc) is 2.17. The molecule has 0 radical (unpaired) electrons. The van der Waals surface area contributed by atoms with Gasteiger partial charge in [-0.2, -0.15) is 0 Å². The van der Waals surface area contributed by atoms with E-state index in [4.69, 9.17) is 22.7 Å². The van der Waals surface area contributed by atoms with Crippen LogP contribution in [-0.4, -0.2) is 11.6 Å². The van der Waals surface area contributed by atoms with Gasteiger partial charge in [-0.15, -0.1) is 0 Å². The van der Waals surface area contributed by atoms with E-state index in [1.54, 1.807) is 6.07 Å². The first-order chi connectivity index (χ1) is 7.09. The minimum Gasteiger partial charge on any atom is -0.493 e. The molecule has 0 atom stereocenters. The molecule has 82 valence electrons. The fourth-order valence-electron chi connectivity index (χ4n) is 1.16. The summed E-state index contributed by atoms with van der Waals surface area (Å²) >= 11 is 4.73. The molecule has 0 bridgehead atoms. The highest BCUT2D eigenvalue weighted by Gasteiger charge is 2.01. The second kappa shape index (κ2) is 5.66. The maximum absolute atomic E-state index is 12.9. The Morgan fingerprint density at radius 3 is 2.93 bits per heavy atom. The van der Waals surface area contributed by atoms with E-state index in [0.717, 1.165) is 12.0 Å². The summed E-state index contributed by atoms with van der Waals surface area (Å²) in [6.45, 7) is 2.38. The Labute approximate surface area is 94.2 Å². The van der Waals surface area contributed by atoms with Crippen LogP contribution in [0.4, 0.5) is 4.39 Å². The molecule has 4 heteroatoms. The normalized spacial score (nSPS) is 10.0. The van der Waals surface area contributed by atoms with Gasteiger partial charge in [-0.1, -0.05) is 18.3 Å². The lowest BCUT2D eigenvalue weighted by Crippen LogP contribution is -2.09. The van der Waals surface area contributed by atoms with Gasteiger partial charge in [0.1, 0.15) is 11.6 Å². The first-order valence-electron chi connectivity index (χ1n) is 4.77. The molecule has 0 aliphatic rings. The van der Waals surface area contributed by atoms with Crippen LogP contribution in [0.15, 0.2) is 18.2 Å². The lowest BCUT2D eigenvalue weighted by atomic mass is 10.2. The van der Waals surface area contributed by atoms with Gasteiger partial charge in [-0.3, -0.25) is 0 Å². The molecule has 0 aromatic heterocycles. The highest BCUT2D eigenvalue weighted by atomic mass is 32.1. The van der Waals surface area contributed by atoms with Crippen molar-refractivity contribution in [3.63, 3.8) is 0 Å². The SMILES string of the molecule is Cc1ccc(F)cc1OCCCC(N)=S. The van der Waals surface area contributed by atoms with Crippen molar-refractivity contribution in [1.82, 2.24) is 0 Å². The van der Waals surface area contributed by atoms with Gasteiger partial charge in [0.25, 0.3) is 0 Å². The molecule has 2 nitrogen and oxygen atoms in total. The summed E-state index contributed by atoms with van der Waals surface area (Å²) in [4.78, 5) is 0.481. The summed E-state index contributed by atoms with van der Waals surface area (Å²) in [6.07, 6.45) is 1.41. The molecule has 0 saturated carbocycles. The summed E-state index contributed by atoms with van der Waals surface area (Å²) < 4.78 is 18.3. The molecule has 0 amide bonds. The lowest BCUT2D eigenvalue weighted by molar-refractivity contribution is 0.310. The highest BCUT2D eigenvalue weighted by molar-refractivity contribution is 7.80. The molecule has 0 aliphatic carbocycles. The summed E-state index contributed by atoms with van der Waals surface area (Å²) in [5, 5.41) is 0. The number of thiocarbonyl (C=S) groups is 1. The van der Waals surface area contributed by atoms with E-state index in [-0.39, 0.29) is 5.82 Å². The molecule has 0 fully saturated rings. The number of hydrogen-bond donors (Lipinski definition) is 1. The van der Waals surface area contributed by atoms with E-state index in [0.29, 0.717) is 23.8 Å².